The van der Waals surface area contributed by atoms with E-state index in [4.69, 9.17) is 17.3 Å². The van der Waals surface area contributed by atoms with Gasteiger partial charge in [0.25, 0.3) is 5.69 Å². The predicted molar refractivity (Wildman–Crippen MR) is 163 cm³/mol. The second-order valence-corrected chi connectivity index (χ2v) is 11.8. The zero-order chi connectivity index (χ0) is 29.4. The molecule has 0 bridgehead atoms. The number of carbonyl (C=O) groups is 1. The van der Waals surface area contributed by atoms with Crippen LogP contribution in [0.25, 0.3) is 0 Å². The van der Waals surface area contributed by atoms with E-state index in [0.29, 0.717) is 36.2 Å². The number of nitro groups is 1. The SMILES string of the molecule is Cc1cc(CSc2ccccc2C)c(C)c(C2C(C#N)=C(N)N(c3ccc([N+](=O)[O-])cc3Cl)C3=C2C(=O)CCC3)c1. The van der Waals surface area contributed by atoms with Crippen molar-refractivity contribution < 1.29 is 9.72 Å². The van der Waals surface area contributed by atoms with Crippen molar-refractivity contribution in [2.45, 2.75) is 56.6 Å². The summed E-state index contributed by atoms with van der Waals surface area (Å²) in [7, 11) is 0. The van der Waals surface area contributed by atoms with Crippen LogP contribution in [0.5, 0.6) is 0 Å². The molecule has 9 heteroatoms. The van der Waals surface area contributed by atoms with Crippen LogP contribution >= 0.6 is 23.4 Å². The Hall–Kier alpha value is -4.06. The quantitative estimate of drug-likeness (QED) is 0.179. The van der Waals surface area contributed by atoms with Gasteiger partial charge in [-0.3, -0.25) is 19.8 Å². The number of halogens is 1. The molecule has 1 aliphatic heterocycles. The number of nitriles is 1. The number of nitro benzene ring substituents is 1. The third-order valence-electron chi connectivity index (χ3n) is 7.78. The zero-order valence-electron chi connectivity index (χ0n) is 23.0. The topological polar surface area (TPSA) is 113 Å². The maximum atomic E-state index is 13.6. The van der Waals surface area contributed by atoms with Gasteiger partial charge in [0.05, 0.1) is 33.2 Å². The number of hydrogen-bond donors (Lipinski definition) is 1. The van der Waals surface area contributed by atoms with Gasteiger partial charge < -0.3 is 5.73 Å². The van der Waals surface area contributed by atoms with Crippen LogP contribution in [0.15, 0.2) is 82.2 Å². The Morgan fingerprint density at radius 1 is 1.15 bits per heavy atom. The fourth-order valence-electron chi connectivity index (χ4n) is 5.75. The molecule has 0 amide bonds. The van der Waals surface area contributed by atoms with E-state index in [-0.39, 0.29) is 27.9 Å². The molecule has 0 saturated heterocycles. The first-order valence-corrected chi connectivity index (χ1v) is 14.7. The van der Waals surface area contributed by atoms with E-state index in [2.05, 4.69) is 31.2 Å². The number of thioether (sulfide) groups is 1. The lowest BCUT2D eigenvalue weighted by Gasteiger charge is -2.40. The van der Waals surface area contributed by atoms with Crippen molar-refractivity contribution in [1.29, 1.82) is 5.26 Å². The Morgan fingerprint density at radius 2 is 1.90 bits per heavy atom. The van der Waals surface area contributed by atoms with Crippen LogP contribution in [0.1, 0.15) is 53.0 Å². The lowest BCUT2D eigenvalue weighted by Crippen LogP contribution is -2.39. The maximum Gasteiger partial charge on any atom is 0.271 e. The Bertz CT molecular complexity index is 1710. The zero-order valence-corrected chi connectivity index (χ0v) is 24.6. The van der Waals surface area contributed by atoms with Crippen LogP contribution < -0.4 is 10.6 Å². The van der Waals surface area contributed by atoms with Crippen molar-refractivity contribution >= 4 is 40.5 Å². The van der Waals surface area contributed by atoms with Gasteiger partial charge in [0.15, 0.2) is 5.78 Å². The molecule has 3 aromatic carbocycles. The summed E-state index contributed by atoms with van der Waals surface area (Å²) in [6, 6.07) is 18.9. The fourth-order valence-corrected chi connectivity index (χ4v) is 7.09. The largest absolute Gasteiger partial charge is 0.384 e. The van der Waals surface area contributed by atoms with Gasteiger partial charge in [-0.15, -0.1) is 11.8 Å². The molecule has 1 heterocycles. The molecule has 0 spiro atoms. The molecule has 1 unspecified atom stereocenters. The molecule has 0 fully saturated rings. The van der Waals surface area contributed by atoms with Crippen LogP contribution in [0, 0.1) is 42.2 Å². The van der Waals surface area contributed by atoms with Crippen LogP contribution in [-0.4, -0.2) is 10.7 Å². The van der Waals surface area contributed by atoms with Crippen LogP contribution in [0.2, 0.25) is 5.02 Å². The third-order valence-corrected chi connectivity index (χ3v) is 9.31. The number of nitrogens with zero attached hydrogens (tertiary/aromatic N) is 3. The Balaban J connectivity index is 1.65. The monoisotopic (exact) mass is 584 g/mol. The number of Topliss-reactive ketones (excluding diaryl/α,β-unsaturated/α-hetero) is 1. The number of ketones is 1. The average molecular weight is 585 g/mol. The highest BCUT2D eigenvalue weighted by Crippen LogP contribution is 2.49. The van der Waals surface area contributed by atoms with E-state index < -0.39 is 10.8 Å². The normalized spacial score (nSPS) is 17.0. The minimum atomic E-state index is -0.613. The van der Waals surface area contributed by atoms with Gasteiger partial charge in [-0.05, 0) is 68.0 Å². The number of nitrogens with two attached hydrogens (primary N) is 1. The molecule has 41 heavy (non-hydrogen) atoms. The van der Waals surface area contributed by atoms with Crippen molar-refractivity contribution in [3.63, 3.8) is 0 Å². The number of carbonyl (C=O) groups excluding carboxylic acids is 1. The molecule has 3 aromatic rings. The third kappa shape index (κ3) is 5.23. The van der Waals surface area contributed by atoms with Gasteiger partial charge in [-0.1, -0.05) is 47.5 Å². The van der Waals surface area contributed by atoms with Crippen molar-refractivity contribution in [2.75, 3.05) is 4.90 Å². The van der Waals surface area contributed by atoms with Crippen molar-refractivity contribution in [3.8, 4) is 6.07 Å². The predicted octanol–water partition coefficient (Wildman–Crippen LogP) is 7.77. The first kappa shape index (κ1) is 28.5. The number of non-ortho nitro benzene ring substituents is 1. The molecular formula is C32H29ClN4O3S. The first-order valence-electron chi connectivity index (χ1n) is 13.3. The number of hydrogen-bond acceptors (Lipinski definition) is 7. The number of benzene rings is 3. The van der Waals surface area contributed by atoms with Crippen molar-refractivity contribution in [3.05, 3.63) is 120 Å². The minimum Gasteiger partial charge on any atom is -0.384 e. The van der Waals surface area contributed by atoms with E-state index in [1.54, 1.807) is 16.7 Å². The molecule has 0 radical (unpaired) electrons. The van der Waals surface area contributed by atoms with Gasteiger partial charge in [-0.2, -0.15) is 5.26 Å². The molecule has 7 nitrogen and oxygen atoms in total. The number of allylic oxidation sites excluding steroid dienone is 3. The molecule has 5 rings (SSSR count). The van der Waals surface area contributed by atoms with Gasteiger partial charge in [0.2, 0.25) is 0 Å². The summed E-state index contributed by atoms with van der Waals surface area (Å²) in [5.74, 6) is 0.275. The Kier molecular flexibility index (Phi) is 7.94. The molecule has 2 aliphatic rings. The summed E-state index contributed by atoms with van der Waals surface area (Å²) < 4.78 is 0. The second-order valence-electron chi connectivity index (χ2n) is 10.4. The van der Waals surface area contributed by atoms with E-state index in [0.717, 1.165) is 28.0 Å². The molecule has 208 valence electrons. The summed E-state index contributed by atoms with van der Waals surface area (Å²) in [5, 5.41) is 21.9. The number of aryl methyl sites for hydroxylation is 2. The fraction of sp³-hybridized carbons (Fsp3) is 0.250. The minimum absolute atomic E-state index is 0.0312. The van der Waals surface area contributed by atoms with Gasteiger partial charge >= 0.3 is 0 Å². The highest BCUT2D eigenvalue weighted by atomic mass is 35.5. The number of rotatable bonds is 6. The summed E-state index contributed by atoms with van der Waals surface area (Å²) >= 11 is 8.29. The second kappa shape index (κ2) is 11.4. The van der Waals surface area contributed by atoms with E-state index in [1.165, 1.54) is 28.7 Å². The average Bonchev–Trinajstić information content (AvgIpc) is 2.94. The Morgan fingerprint density at radius 3 is 2.59 bits per heavy atom. The number of anilines is 1. The summed E-state index contributed by atoms with van der Waals surface area (Å²) in [5.41, 5.74) is 13.8. The molecule has 1 aliphatic carbocycles. The van der Waals surface area contributed by atoms with Crippen LogP contribution in [0.3, 0.4) is 0 Å². The summed E-state index contributed by atoms with van der Waals surface area (Å²) in [4.78, 5) is 27.3. The molecular weight excluding hydrogens is 556 g/mol. The van der Waals surface area contributed by atoms with Crippen LogP contribution in [0.4, 0.5) is 11.4 Å². The summed E-state index contributed by atoms with van der Waals surface area (Å²) in [6.07, 6.45) is 1.56. The molecule has 0 aromatic heterocycles. The Labute approximate surface area is 248 Å². The first-order chi connectivity index (χ1) is 19.6. The van der Waals surface area contributed by atoms with E-state index in [1.807, 2.05) is 32.0 Å². The highest BCUT2D eigenvalue weighted by molar-refractivity contribution is 7.98. The molecule has 1 atom stereocenters. The lowest BCUT2D eigenvalue weighted by atomic mass is 9.73. The molecule has 0 saturated carbocycles. The van der Waals surface area contributed by atoms with Crippen LogP contribution in [-0.2, 0) is 10.5 Å². The van der Waals surface area contributed by atoms with E-state index >= 15 is 0 Å². The van der Waals surface area contributed by atoms with E-state index in [9.17, 15) is 20.2 Å². The summed E-state index contributed by atoms with van der Waals surface area (Å²) in [6.45, 7) is 6.16. The smallest absolute Gasteiger partial charge is 0.271 e. The molecule has 2 N–H and O–H groups in total. The standard InChI is InChI=1S/C32H29ClN4O3S/c1-18-13-21(17-41-29-10-5-4-7-19(29)2)20(3)23(14-18)30-24(16-34)32(35)36(27-8-6-9-28(38)31(27)30)26-12-11-22(37(39)40)15-25(26)33/h4-5,7,10-15,30H,6,8-9,17,35H2,1-3H3. The van der Waals surface area contributed by atoms with Crippen molar-refractivity contribution in [1.82, 2.24) is 0 Å². The highest BCUT2D eigenvalue weighted by Gasteiger charge is 2.41. The van der Waals surface area contributed by atoms with Gasteiger partial charge in [-0.25, -0.2) is 0 Å². The van der Waals surface area contributed by atoms with Crippen molar-refractivity contribution in [2.24, 2.45) is 5.73 Å². The van der Waals surface area contributed by atoms with Gasteiger partial charge in [0.1, 0.15) is 5.82 Å². The van der Waals surface area contributed by atoms with Gasteiger partial charge in [0, 0.05) is 40.5 Å². The maximum absolute atomic E-state index is 13.6. The lowest BCUT2D eigenvalue weighted by molar-refractivity contribution is -0.384.